The number of amides is 1. The van der Waals surface area contributed by atoms with Crippen LogP contribution in [0.15, 0.2) is 29.3 Å². The smallest absolute Gasteiger partial charge is 0.421 e. The Labute approximate surface area is 192 Å². The number of anilines is 1. The highest BCUT2D eigenvalue weighted by Crippen LogP contribution is 2.37. The lowest BCUT2D eigenvalue weighted by Crippen LogP contribution is -2.51. The number of H-pyrrole nitrogens is 1. The molecule has 0 radical (unpaired) electrons. The first kappa shape index (κ1) is 25.8. The number of aromatic amines is 1. The summed E-state index contributed by atoms with van der Waals surface area (Å²) >= 11 is 0. The third-order valence-corrected chi connectivity index (χ3v) is 5.17. The van der Waals surface area contributed by atoms with E-state index in [0.717, 1.165) is 11.1 Å². The Hall–Kier alpha value is -3.85. The lowest BCUT2D eigenvalue weighted by molar-refractivity contribution is -0.384. The van der Waals surface area contributed by atoms with Gasteiger partial charge in [0, 0.05) is 38.1 Å². The minimum atomic E-state index is -5.01. The van der Waals surface area contributed by atoms with Crippen LogP contribution in [-0.4, -0.2) is 52.1 Å². The zero-order valence-electron chi connectivity index (χ0n) is 17.8. The Morgan fingerprint density at radius 1 is 1.23 bits per heavy atom. The molecule has 0 aromatic carbocycles. The van der Waals surface area contributed by atoms with Crippen molar-refractivity contribution in [3.05, 3.63) is 61.7 Å². The molecule has 1 saturated heterocycles. The molecule has 190 valence electrons. The summed E-state index contributed by atoms with van der Waals surface area (Å²) < 4.78 is 83.8. The van der Waals surface area contributed by atoms with Gasteiger partial charge in [-0.2, -0.15) is 26.3 Å². The van der Waals surface area contributed by atoms with Crippen LogP contribution in [0.25, 0.3) is 0 Å². The van der Waals surface area contributed by atoms with Crippen LogP contribution in [0, 0.1) is 10.1 Å². The molecule has 1 unspecified atom stereocenters. The van der Waals surface area contributed by atoms with Crippen molar-refractivity contribution in [1.82, 2.24) is 14.9 Å². The number of nitrogens with one attached hydrogen (secondary N) is 1. The molecule has 2 aromatic rings. The molecule has 0 aliphatic carbocycles. The molecule has 0 saturated carbocycles. The molecule has 3 heterocycles. The third-order valence-electron chi connectivity index (χ3n) is 5.17. The van der Waals surface area contributed by atoms with E-state index in [1.165, 1.54) is 11.8 Å². The summed E-state index contributed by atoms with van der Waals surface area (Å²) in [5.41, 5.74) is -5.46. The summed E-state index contributed by atoms with van der Waals surface area (Å²) in [5, 5.41) is 11.5. The molecule has 1 fully saturated rings. The molecular weight excluding hydrogens is 492 g/mol. The number of carbonyl (C=O) groups excluding carboxylic acids is 1. The third kappa shape index (κ3) is 5.46. The van der Waals surface area contributed by atoms with E-state index in [-0.39, 0.29) is 31.8 Å². The second-order valence-electron chi connectivity index (χ2n) is 7.35. The number of nitro groups is 1. The number of hydrogen-bond donors (Lipinski definition) is 1. The molecule has 2 aromatic heterocycles. The maximum absolute atomic E-state index is 13.3. The SMILES string of the molecule is CCOC(=O)N1CCN(c2ncc(C(F)(F)F)cc2[N+](=O)[O-])CC1c1c[nH]c(=O)c(C(F)(F)F)c1. The van der Waals surface area contributed by atoms with Crippen molar-refractivity contribution in [1.29, 1.82) is 0 Å². The lowest BCUT2D eigenvalue weighted by Gasteiger charge is -2.41. The number of hydrogen-bond acceptors (Lipinski definition) is 7. The molecule has 1 atom stereocenters. The van der Waals surface area contributed by atoms with E-state index in [0.29, 0.717) is 18.3 Å². The summed E-state index contributed by atoms with van der Waals surface area (Å²) in [7, 11) is 0. The topological polar surface area (TPSA) is 122 Å². The largest absolute Gasteiger partial charge is 0.450 e. The van der Waals surface area contributed by atoms with Crippen LogP contribution in [0.1, 0.15) is 29.7 Å². The maximum Gasteiger partial charge on any atom is 0.421 e. The molecule has 10 nitrogen and oxygen atoms in total. The van der Waals surface area contributed by atoms with Gasteiger partial charge in [0.25, 0.3) is 5.56 Å². The fourth-order valence-corrected chi connectivity index (χ4v) is 3.57. The monoisotopic (exact) mass is 509 g/mol. The quantitative estimate of drug-likeness (QED) is 0.379. The predicted molar refractivity (Wildman–Crippen MR) is 107 cm³/mol. The van der Waals surface area contributed by atoms with E-state index >= 15 is 0 Å². The summed E-state index contributed by atoms with van der Waals surface area (Å²) in [6.07, 6.45) is -9.46. The summed E-state index contributed by atoms with van der Waals surface area (Å²) in [6.45, 7) is 0.687. The number of aromatic nitrogens is 2. The second kappa shape index (κ2) is 9.42. The van der Waals surface area contributed by atoms with Gasteiger partial charge >= 0.3 is 24.1 Å². The normalized spacial score (nSPS) is 16.8. The van der Waals surface area contributed by atoms with Crippen molar-refractivity contribution in [3.63, 3.8) is 0 Å². The Kier molecular flexibility index (Phi) is 6.94. The van der Waals surface area contributed by atoms with Crippen LogP contribution >= 0.6 is 0 Å². The standard InChI is InChI=1S/C19H17F6N5O5/c1-2-35-17(32)29-4-3-28(15-13(30(33)34)6-11(8-26-15)18(20,21)22)9-14(29)10-5-12(19(23,24)25)16(31)27-7-10/h5-8,14H,2-4,9H2,1H3,(H,27,31). The zero-order chi connectivity index (χ0) is 26.1. The van der Waals surface area contributed by atoms with Crippen molar-refractivity contribution in [2.75, 3.05) is 31.1 Å². The fraction of sp³-hybridized carbons (Fsp3) is 0.421. The van der Waals surface area contributed by atoms with Crippen LogP contribution in [0.5, 0.6) is 0 Å². The first-order valence-corrected chi connectivity index (χ1v) is 9.93. The number of pyridine rings is 2. The number of alkyl halides is 6. The van der Waals surface area contributed by atoms with Crippen molar-refractivity contribution in [2.45, 2.75) is 25.3 Å². The molecular formula is C19H17F6N5O5. The van der Waals surface area contributed by atoms with Gasteiger partial charge in [0.1, 0.15) is 5.56 Å². The van der Waals surface area contributed by atoms with E-state index in [9.17, 15) is 46.0 Å². The average Bonchev–Trinajstić information content (AvgIpc) is 2.77. The Balaban J connectivity index is 2.07. The minimum absolute atomic E-state index is 0.0584. The predicted octanol–water partition coefficient (Wildman–Crippen LogP) is 3.74. The molecule has 0 bridgehead atoms. The van der Waals surface area contributed by atoms with Gasteiger partial charge in [0.05, 0.1) is 23.1 Å². The van der Waals surface area contributed by atoms with Crippen LogP contribution in [0.2, 0.25) is 0 Å². The number of halogens is 6. The number of carbonyl (C=O) groups is 1. The zero-order valence-corrected chi connectivity index (χ0v) is 17.8. The van der Waals surface area contributed by atoms with E-state index in [4.69, 9.17) is 4.74 Å². The van der Waals surface area contributed by atoms with Gasteiger partial charge in [-0.05, 0) is 18.6 Å². The molecule has 35 heavy (non-hydrogen) atoms. The molecule has 1 aliphatic rings. The molecule has 1 aliphatic heterocycles. The van der Waals surface area contributed by atoms with Crippen molar-refractivity contribution >= 4 is 17.6 Å². The minimum Gasteiger partial charge on any atom is -0.450 e. The number of ether oxygens (including phenoxy) is 1. The molecule has 16 heteroatoms. The average molecular weight is 509 g/mol. The number of nitrogens with zero attached hydrogens (tertiary/aromatic N) is 4. The van der Waals surface area contributed by atoms with Gasteiger partial charge < -0.3 is 14.6 Å². The van der Waals surface area contributed by atoms with Crippen LogP contribution < -0.4 is 10.5 Å². The van der Waals surface area contributed by atoms with Gasteiger partial charge in [-0.3, -0.25) is 19.8 Å². The second-order valence-corrected chi connectivity index (χ2v) is 7.35. The maximum atomic E-state index is 13.3. The van der Waals surface area contributed by atoms with Gasteiger partial charge in [0.15, 0.2) is 0 Å². The van der Waals surface area contributed by atoms with E-state index in [1.54, 1.807) is 0 Å². The van der Waals surface area contributed by atoms with Gasteiger partial charge in [0.2, 0.25) is 5.82 Å². The van der Waals surface area contributed by atoms with Crippen LogP contribution in [0.4, 0.5) is 42.6 Å². The van der Waals surface area contributed by atoms with Crippen molar-refractivity contribution in [3.8, 4) is 0 Å². The first-order chi connectivity index (χ1) is 16.2. The van der Waals surface area contributed by atoms with Crippen molar-refractivity contribution < 1.29 is 40.8 Å². The van der Waals surface area contributed by atoms with E-state index < -0.39 is 57.6 Å². The molecule has 0 spiro atoms. The van der Waals surface area contributed by atoms with E-state index in [1.807, 2.05) is 4.98 Å². The highest BCUT2D eigenvalue weighted by Gasteiger charge is 2.40. The van der Waals surface area contributed by atoms with Gasteiger partial charge in [-0.25, -0.2) is 9.78 Å². The molecule has 3 rings (SSSR count). The molecule has 1 N–H and O–H groups in total. The first-order valence-electron chi connectivity index (χ1n) is 9.93. The summed E-state index contributed by atoms with van der Waals surface area (Å²) in [4.78, 5) is 42.3. The Morgan fingerprint density at radius 3 is 2.49 bits per heavy atom. The Morgan fingerprint density at radius 2 is 1.91 bits per heavy atom. The summed E-state index contributed by atoms with van der Waals surface area (Å²) in [5.74, 6) is -0.461. The van der Waals surface area contributed by atoms with Gasteiger partial charge in [-0.15, -0.1) is 0 Å². The van der Waals surface area contributed by atoms with Gasteiger partial charge in [-0.1, -0.05) is 0 Å². The Bertz CT molecular complexity index is 1180. The van der Waals surface area contributed by atoms with Crippen LogP contribution in [-0.2, 0) is 17.1 Å². The van der Waals surface area contributed by atoms with Crippen LogP contribution in [0.3, 0.4) is 0 Å². The van der Waals surface area contributed by atoms with Crippen molar-refractivity contribution in [2.24, 2.45) is 0 Å². The number of piperazine rings is 1. The lowest BCUT2D eigenvalue weighted by atomic mass is 10.0. The fourth-order valence-electron chi connectivity index (χ4n) is 3.57. The summed E-state index contributed by atoms with van der Waals surface area (Å²) in [6, 6.07) is -0.380. The highest BCUT2D eigenvalue weighted by atomic mass is 19.4. The van der Waals surface area contributed by atoms with E-state index in [2.05, 4.69) is 4.98 Å². The molecule has 1 amide bonds. The highest BCUT2D eigenvalue weighted by molar-refractivity contribution is 5.69. The number of rotatable bonds is 4.